The maximum atomic E-state index is 14.9. The Hall–Kier alpha value is -4.83. The number of nitrogens with zero attached hydrogens (tertiary/aromatic N) is 1. The van der Waals surface area contributed by atoms with E-state index in [-0.39, 0.29) is 17.4 Å². The zero-order valence-electron chi connectivity index (χ0n) is 24.6. The van der Waals surface area contributed by atoms with Crippen molar-refractivity contribution in [2.45, 2.75) is 44.2 Å². The lowest BCUT2D eigenvalue weighted by atomic mass is 9.77. The van der Waals surface area contributed by atoms with Gasteiger partial charge in [-0.05, 0) is 46.2 Å². The van der Waals surface area contributed by atoms with E-state index in [1.54, 1.807) is 0 Å². The Morgan fingerprint density at radius 3 is 2.07 bits per heavy atom. The van der Waals surface area contributed by atoms with Crippen molar-refractivity contribution in [1.29, 1.82) is 0 Å². The molecule has 5 aromatic rings. The van der Waals surface area contributed by atoms with Gasteiger partial charge < -0.3 is 9.47 Å². The number of fused-ring (bicyclic) bond motifs is 2. The van der Waals surface area contributed by atoms with Crippen molar-refractivity contribution in [3.05, 3.63) is 161 Å². The van der Waals surface area contributed by atoms with E-state index >= 15 is 0 Å². The van der Waals surface area contributed by atoms with Crippen LogP contribution in [0.1, 0.15) is 65.6 Å². The predicted molar refractivity (Wildman–Crippen MR) is 171 cm³/mol. The van der Waals surface area contributed by atoms with Crippen molar-refractivity contribution in [2.24, 2.45) is 0 Å². The van der Waals surface area contributed by atoms with Crippen molar-refractivity contribution in [2.75, 3.05) is 11.5 Å². The van der Waals surface area contributed by atoms with Gasteiger partial charge in [-0.3, -0.25) is 9.69 Å². The van der Waals surface area contributed by atoms with E-state index in [0.717, 1.165) is 51.2 Å². The van der Waals surface area contributed by atoms with Crippen LogP contribution in [0, 0.1) is 0 Å². The van der Waals surface area contributed by atoms with E-state index in [9.17, 15) is 4.79 Å². The molecule has 1 amide bonds. The van der Waals surface area contributed by atoms with Gasteiger partial charge in [0.1, 0.15) is 18.1 Å². The summed E-state index contributed by atoms with van der Waals surface area (Å²) in [4.78, 5) is 16.9. The van der Waals surface area contributed by atoms with Gasteiger partial charge in [-0.15, -0.1) is 0 Å². The Morgan fingerprint density at radius 2 is 1.40 bits per heavy atom. The second-order valence-corrected chi connectivity index (χ2v) is 12.1. The van der Waals surface area contributed by atoms with Crippen LogP contribution in [0.3, 0.4) is 0 Å². The number of ether oxygens (including phenoxy) is 2. The first-order valence-electron chi connectivity index (χ1n) is 15.0. The molecule has 0 fully saturated rings. The molecule has 0 spiro atoms. The SMILES string of the molecule is CC1(C)CCOc2cc(OCc3ccccc3)c(C3C(=O)N(C(c4ccccc4)c4ccccc4)c4ccccc43)cc21. The number of amides is 1. The molecule has 0 saturated heterocycles. The van der Waals surface area contributed by atoms with E-state index in [0.29, 0.717) is 19.0 Å². The van der Waals surface area contributed by atoms with Gasteiger partial charge in [-0.25, -0.2) is 0 Å². The van der Waals surface area contributed by atoms with Gasteiger partial charge in [0.05, 0.1) is 18.6 Å². The Balaban J connectivity index is 1.39. The van der Waals surface area contributed by atoms with E-state index < -0.39 is 5.92 Å². The van der Waals surface area contributed by atoms with Crippen LogP contribution in [-0.2, 0) is 16.8 Å². The van der Waals surface area contributed by atoms with Crippen LogP contribution < -0.4 is 14.4 Å². The smallest absolute Gasteiger partial charge is 0.240 e. The molecule has 1 unspecified atom stereocenters. The highest BCUT2D eigenvalue weighted by Crippen LogP contribution is 2.51. The summed E-state index contributed by atoms with van der Waals surface area (Å²) >= 11 is 0. The Morgan fingerprint density at radius 1 is 0.791 bits per heavy atom. The Kier molecular flexibility index (Phi) is 6.98. The summed E-state index contributed by atoms with van der Waals surface area (Å²) in [5, 5.41) is 0. The van der Waals surface area contributed by atoms with Gasteiger partial charge >= 0.3 is 0 Å². The molecule has 0 bridgehead atoms. The molecule has 4 heteroatoms. The van der Waals surface area contributed by atoms with E-state index in [2.05, 4.69) is 68.4 Å². The lowest BCUT2D eigenvalue weighted by molar-refractivity contribution is -0.118. The highest BCUT2D eigenvalue weighted by Gasteiger charge is 2.44. The van der Waals surface area contributed by atoms with Gasteiger partial charge in [-0.1, -0.05) is 123 Å². The second kappa shape index (κ2) is 11.1. The van der Waals surface area contributed by atoms with E-state index in [1.165, 1.54) is 0 Å². The Labute approximate surface area is 253 Å². The third-order valence-electron chi connectivity index (χ3n) is 8.85. The van der Waals surface area contributed by atoms with Gasteiger partial charge in [0.15, 0.2) is 0 Å². The third-order valence-corrected chi connectivity index (χ3v) is 8.85. The van der Waals surface area contributed by atoms with Crippen LogP contribution >= 0.6 is 0 Å². The van der Waals surface area contributed by atoms with E-state index in [1.807, 2.05) is 77.7 Å². The van der Waals surface area contributed by atoms with Crippen molar-refractivity contribution in [3.8, 4) is 11.5 Å². The van der Waals surface area contributed by atoms with Crippen molar-refractivity contribution in [1.82, 2.24) is 0 Å². The molecule has 0 N–H and O–H groups in total. The normalized spacial score (nSPS) is 16.9. The molecule has 7 rings (SSSR count). The molecular formula is C39H35NO3. The van der Waals surface area contributed by atoms with Crippen LogP contribution in [0.25, 0.3) is 0 Å². The summed E-state index contributed by atoms with van der Waals surface area (Å²) in [6.45, 7) is 5.56. The average molecular weight is 566 g/mol. The summed E-state index contributed by atoms with van der Waals surface area (Å²) in [7, 11) is 0. The second-order valence-electron chi connectivity index (χ2n) is 12.1. The molecule has 2 aliphatic heterocycles. The summed E-state index contributed by atoms with van der Waals surface area (Å²) in [5.41, 5.74) is 7.04. The fraction of sp³-hybridized carbons (Fsp3) is 0.205. The maximum Gasteiger partial charge on any atom is 0.240 e. The predicted octanol–water partition coefficient (Wildman–Crippen LogP) is 8.59. The zero-order chi connectivity index (χ0) is 29.4. The fourth-order valence-corrected chi connectivity index (χ4v) is 6.53. The van der Waals surface area contributed by atoms with Crippen LogP contribution in [0.15, 0.2) is 127 Å². The number of benzene rings is 5. The largest absolute Gasteiger partial charge is 0.493 e. The first-order valence-corrected chi connectivity index (χ1v) is 15.0. The maximum absolute atomic E-state index is 14.9. The van der Waals surface area contributed by atoms with Crippen molar-refractivity contribution >= 4 is 11.6 Å². The lowest BCUT2D eigenvalue weighted by Crippen LogP contribution is -2.34. The van der Waals surface area contributed by atoms with Gasteiger partial charge in [0.25, 0.3) is 0 Å². The lowest BCUT2D eigenvalue weighted by Gasteiger charge is -2.34. The highest BCUT2D eigenvalue weighted by atomic mass is 16.5. The molecule has 4 nitrogen and oxygen atoms in total. The minimum atomic E-state index is -0.514. The van der Waals surface area contributed by atoms with E-state index in [4.69, 9.17) is 9.47 Å². The molecule has 43 heavy (non-hydrogen) atoms. The monoisotopic (exact) mass is 565 g/mol. The van der Waals surface area contributed by atoms with Gasteiger partial charge in [-0.2, -0.15) is 0 Å². The average Bonchev–Trinajstić information content (AvgIpc) is 3.32. The number of carbonyl (C=O) groups is 1. The minimum Gasteiger partial charge on any atom is -0.493 e. The topological polar surface area (TPSA) is 38.8 Å². The first-order chi connectivity index (χ1) is 21.0. The standard InChI is InChI=1S/C39H35NO3/c1-39(2)22-23-42-35-25-34(43-26-27-14-6-3-7-15-27)31(24-32(35)39)36-30-20-12-13-21-33(30)40(38(36)41)37(28-16-8-4-9-17-28)29-18-10-5-11-19-29/h3-21,24-25,36-37H,22-23,26H2,1-2H3. The number of hydrogen-bond acceptors (Lipinski definition) is 3. The molecular weight excluding hydrogens is 530 g/mol. The molecule has 0 saturated carbocycles. The summed E-state index contributed by atoms with van der Waals surface area (Å²) in [6, 6.07) is 42.9. The minimum absolute atomic E-state index is 0.0398. The number of hydrogen-bond donors (Lipinski definition) is 0. The third kappa shape index (κ3) is 4.97. The van der Waals surface area contributed by atoms with Gasteiger partial charge in [0.2, 0.25) is 5.91 Å². The van der Waals surface area contributed by atoms with Gasteiger partial charge in [0, 0.05) is 22.9 Å². The molecule has 0 radical (unpaired) electrons. The van der Waals surface area contributed by atoms with Crippen molar-refractivity contribution < 1.29 is 14.3 Å². The number of rotatable bonds is 7. The van der Waals surface area contributed by atoms with Crippen LogP contribution in [-0.4, -0.2) is 12.5 Å². The van der Waals surface area contributed by atoms with Crippen LogP contribution in [0.2, 0.25) is 0 Å². The van der Waals surface area contributed by atoms with Crippen LogP contribution in [0.4, 0.5) is 5.69 Å². The molecule has 0 aliphatic carbocycles. The molecule has 2 aliphatic rings. The van der Waals surface area contributed by atoms with Crippen LogP contribution in [0.5, 0.6) is 11.5 Å². The number of anilines is 1. The summed E-state index contributed by atoms with van der Waals surface area (Å²) < 4.78 is 12.7. The zero-order valence-corrected chi connectivity index (χ0v) is 24.6. The fourth-order valence-electron chi connectivity index (χ4n) is 6.53. The first kappa shape index (κ1) is 27.0. The molecule has 0 aromatic heterocycles. The Bertz CT molecular complexity index is 1710. The quantitative estimate of drug-likeness (QED) is 0.198. The molecule has 2 heterocycles. The molecule has 5 aromatic carbocycles. The summed E-state index contributed by atoms with van der Waals surface area (Å²) in [6.07, 6.45) is 0.912. The molecule has 214 valence electrons. The van der Waals surface area contributed by atoms with Crippen molar-refractivity contribution in [3.63, 3.8) is 0 Å². The molecule has 1 atom stereocenters. The highest BCUT2D eigenvalue weighted by molar-refractivity contribution is 6.08. The number of para-hydroxylation sites is 1. The number of carbonyl (C=O) groups excluding carboxylic acids is 1. The summed E-state index contributed by atoms with van der Waals surface area (Å²) in [5.74, 6) is 1.05.